The van der Waals surface area contributed by atoms with Crippen molar-refractivity contribution in [3.8, 4) is 0 Å². The highest BCUT2D eigenvalue weighted by molar-refractivity contribution is 5.17. The van der Waals surface area contributed by atoms with Gasteiger partial charge in [-0.05, 0) is 37.8 Å². The van der Waals surface area contributed by atoms with Gasteiger partial charge < -0.3 is 9.30 Å². The summed E-state index contributed by atoms with van der Waals surface area (Å²) in [5.74, 6) is -0.156. The van der Waals surface area contributed by atoms with Crippen LogP contribution in [-0.4, -0.2) is 37.4 Å². The Morgan fingerprint density at radius 1 is 1.14 bits per heavy atom. The summed E-state index contributed by atoms with van der Waals surface area (Å²) in [7, 11) is 0. The minimum absolute atomic E-state index is 0.00927. The van der Waals surface area contributed by atoms with Crippen molar-refractivity contribution in [1.82, 2.24) is 24.2 Å². The predicted octanol–water partition coefficient (Wildman–Crippen LogP) is 4.01. The van der Waals surface area contributed by atoms with Gasteiger partial charge in [0.15, 0.2) is 6.23 Å². The molecule has 1 atom stereocenters. The first-order valence-electron chi connectivity index (χ1n) is 10.3. The summed E-state index contributed by atoms with van der Waals surface area (Å²) < 4.78 is 24.3. The van der Waals surface area contributed by atoms with E-state index in [0.717, 1.165) is 56.6 Å². The molecule has 1 aliphatic heterocycles. The quantitative estimate of drug-likeness (QED) is 0.547. The molecule has 0 unspecified atom stereocenters. The molecule has 1 fully saturated rings. The number of hydrogen-bond donors (Lipinski definition) is 0. The monoisotopic (exact) mass is 397 g/mol. The molecule has 3 aromatic rings. The molecule has 0 aliphatic carbocycles. The summed E-state index contributed by atoms with van der Waals surface area (Å²) in [6.07, 6.45) is 11.7. The van der Waals surface area contributed by atoms with E-state index in [1.807, 2.05) is 41.6 Å². The molecule has 3 heterocycles. The molecule has 29 heavy (non-hydrogen) atoms. The SMILES string of the molecule is Fc1ccccc1CN(CCCn1ccnc1)Cc1ccnn1[C@@H]1CCCCO1. The van der Waals surface area contributed by atoms with Gasteiger partial charge in [0.2, 0.25) is 0 Å². The van der Waals surface area contributed by atoms with Crippen molar-refractivity contribution in [2.45, 2.75) is 51.5 Å². The summed E-state index contributed by atoms with van der Waals surface area (Å²) in [6, 6.07) is 9.06. The van der Waals surface area contributed by atoms with E-state index in [1.54, 1.807) is 12.3 Å². The molecule has 0 saturated carbocycles. The number of halogens is 1. The van der Waals surface area contributed by atoms with Crippen molar-refractivity contribution in [2.24, 2.45) is 0 Å². The Balaban J connectivity index is 1.46. The van der Waals surface area contributed by atoms with E-state index in [2.05, 4.69) is 19.5 Å². The third-order valence-electron chi connectivity index (χ3n) is 5.37. The number of aryl methyl sites for hydroxylation is 1. The lowest BCUT2D eigenvalue weighted by molar-refractivity contribution is -0.0421. The third kappa shape index (κ3) is 5.31. The zero-order valence-corrected chi connectivity index (χ0v) is 16.7. The summed E-state index contributed by atoms with van der Waals surface area (Å²) in [5.41, 5.74) is 1.82. The van der Waals surface area contributed by atoms with Crippen LogP contribution in [0, 0.1) is 5.82 Å². The lowest BCUT2D eigenvalue weighted by Crippen LogP contribution is -2.28. The van der Waals surface area contributed by atoms with Crippen molar-refractivity contribution in [3.05, 3.63) is 72.3 Å². The minimum Gasteiger partial charge on any atom is -0.357 e. The molecular formula is C22H28FN5O. The maximum atomic E-state index is 14.3. The van der Waals surface area contributed by atoms with Gasteiger partial charge in [0.05, 0.1) is 12.0 Å². The standard InChI is InChI=1S/C22H28FN5O/c23-21-7-2-1-6-19(21)16-27(13-5-12-26-14-11-24-18-26)17-20-9-10-25-28(20)22-8-3-4-15-29-22/h1-2,6-7,9-11,14,18,22H,3-5,8,12-13,15-17H2/t22-/m0/s1. The van der Waals surface area contributed by atoms with Gasteiger partial charge in [0.1, 0.15) is 5.82 Å². The number of imidazole rings is 1. The first kappa shape index (κ1) is 19.8. The highest BCUT2D eigenvalue weighted by atomic mass is 19.1. The normalized spacial score (nSPS) is 17.1. The van der Waals surface area contributed by atoms with Crippen molar-refractivity contribution in [3.63, 3.8) is 0 Å². The second-order valence-electron chi connectivity index (χ2n) is 7.54. The van der Waals surface area contributed by atoms with Crippen LogP contribution in [0.1, 0.15) is 43.2 Å². The van der Waals surface area contributed by atoms with Crippen molar-refractivity contribution >= 4 is 0 Å². The van der Waals surface area contributed by atoms with Crippen LogP contribution in [-0.2, 0) is 24.4 Å². The average molecular weight is 397 g/mol. The molecule has 0 N–H and O–H groups in total. The van der Waals surface area contributed by atoms with Gasteiger partial charge in [0, 0.05) is 56.9 Å². The molecule has 1 aromatic carbocycles. The van der Waals surface area contributed by atoms with Crippen LogP contribution in [0.2, 0.25) is 0 Å². The second-order valence-corrected chi connectivity index (χ2v) is 7.54. The van der Waals surface area contributed by atoms with Gasteiger partial charge in [-0.1, -0.05) is 18.2 Å². The summed E-state index contributed by atoms with van der Waals surface area (Å²) in [4.78, 5) is 6.38. The molecule has 0 spiro atoms. The number of benzene rings is 1. The fraction of sp³-hybridized carbons (Fsp3) is 0.455. The molecule has 1 saturated heterocycles. The largest absolute Gasteiger partial charge is 0.357 e. The Hall–Kier alpha value is -2.51. The first-order valence-corrected chi connectivity index (χ1v) is 10.3. The van der Waals surface area contributed by atoms with Crippen LogP contribution < -0.4 is 0 Å². The number of hydrogen-bond acceptors (Lipinski definition) is 4. The Bertz CT molecular complexity index is 873. The zero-order valence-electron chi connectivity index (χ0n) is 16.7. The van der Waals surface area contributed by atoms with Crippen LogP contribution in [0.3, 0.4) is 0 Å². The van der Waals surface area contributed by atoms with E-state index in [4.69, 9.17) is 4.74 Å². The molecule has 154 valence electrons. The van der Waals surface area contributed by atoms with Crippen molar-refractivity contribution < 1.29 is 9.13 Å². The van der Waals surface area contributed by atoms with Crippen LogP contribution in [0.25, 0.3) is 0 Å². The lowest BCUT2D eigenvalue weighted by atomic mass is 10.1. The fourth-order valence-corrected chi connectivity index (χ4v) is 3.85. The molecular weight excluding hydrogens is 369 g/mol. The molecule has 0 radical (unpaired) electrons. The van der Waals surface area contributed by atoms with Gasteiger partial charge in [0.25, 0.3) is 0 Å². The molecule has 4 rings (SSSR count). The van der Waals surface area contributed by atoms with Crippen molar-refractivity contribution in [1.29, 1.82) is 0 Å². The molecule has 1 aliphatic rings. The van der Waals surface area contributed by atoms with E-state index < -0.39 is 0 Å². The highest BCUT2D eigenvalue weighted by Crippen LogP contribution is 2.24. The van der Waals surface area contributed by atoms with Gasteiger partial charge in [-0.25, -0.2) is 14.1 Å². The summed E-state index contributed by atoms with van der Waals surface area (Å²) in [6.45, 7) is 3.79. The minimum atomic E-state index is -0.156. The van der Waals surface area contributed by atoms with Gasteiger partial charge >= 0.3 is 0 Å². The summed E-state index contributed by atoms with van der Waals surface area (Å²) >= 11 is 0. The van der Waals surface area contributed by atoms with E-state index in [1.165, 1.54) is 6.07 Å². The van der Waals surface area contributed by atoms with E-state index in [-0.39, 0.29) is 12.0 Å². The van der Waals surface area contributed by atoms with Crippen LogP contribution in [0.4, 0.5) is 4.39 Å². The average Bonchev–Trinajstić information content (AvgIpc) is 3.42. The Labute approximate surface area is 170 Å². The lowest BCUT2D eigenvalue weighted by Gasteiger charge is -2.27. The maximum absolute atomic E-state index is 14.3. The molecule has 0 bridgehead atoms. The van der Waals surface area contributed by atoms with E-state index >= 15 is 0 Å². The highest BCUT2D eigenvalue weighted by Gasteiger charge is 2.20. The smallest absolute Gasteiger partial charge is 0.150 e. The van der Waals surface area contributed by atoms with E-state index in [0.29, 0.717) is 13.1 Å². The molecule has 2 aromatic heterocycles. The Morgan fingerprint density at radius 3 is 2.86 bits per heavy atom. The van der Waals surface area contributed by atoms with Crippen molar-refractivity contribution in [2.75, 3.05) is 13.2 Å². The van der Waals surface area contributed by atoms with Gasteiger partial charge in [-0.3, -0.25) is 4.90 Å². The van der Waals surface area contributed by atoms with Gasteiger partial charge in [-0.2, -0.15) is 5.10 Å². The number of rotatable bonds is 9. The van der Waals surface area contributed by atoms with Crippen LogP contribution in [0.15, 0.2) is 55.2 Å². The topological polar surface area (TPSA) is 48.1 Å². The van der Waals surface area contributed by atoms with Crippen LogP contribution in [0.5, 0.6) is 0 Å². The number of ether oxygens (including phenoxy) is 1. The Morgan fingerprint density at radius 2 is 2.07 bits per heavy atom. The van der Waals surface area contributed by atoms with Crippen LogP contribution >= 0.6 is 0 Å². The number of nitrogens with zero attached hydrogens (tertiary/aromatic N) is 5. The molecule has 7 heteroatoms. The maximum Gasteiger partial charge on any atom is 0.150 e. The van der Waals surface area contributed by atoms with Gasteiger partial charge in [-0.15, -0.1) is 0 Å². The first-order chi connectivity index (χ1) is 14.3. The molecule has 6 nitrogen and oxygen atoms in total. The predicted molar refractivity (Wildman–Crippen MR) is 108 cm³/mol. The van der Waals surface area contributed by atoms with E-state index in [9.17, 15) is 4.39 Å². The number of aromatic nitrogens is 4. The third-order valence-corrected chi connectivity index (χ3v) is 5.37. The Kier molecular flexibility index (Phi) is 6.69. The zero-order chi connectivity index (χ0) is 19.9. The molecule has 0 amide bonds. The fourth-order valence-electron chi connectivity index (χ4n) is 3.85. The second kappa shape index (κ2) is 9.80. The summed E-state index contributed by atoms with van der Waals surface area (Å²) in [5, 5.41) is 4.52.